The van der Waals surface area contributed by atoms with Gasteiger partial charge in [-0.05, 0) is 39.0 Å². The quantitative estimate of drug-likeness (QED) is 0.849. The fourth-order valence-corrected chi connectivity index (χ4v) is 2.59. The van der Waals surface area contributed by atoms with Gasteiger partial charge in [-0.25, -0.2) is 0 Å². The van der Waals surface area contributed by atoms with Gasteiger partial charge in [0.15, 0.2) is 12.2 Å². The molecule has 2 heterocycles. The van der Waals surface area contributed by atoms with Crippen molar-refractivity contribution < 1.29 is 9.53 Å². The summed E-state index contributed by atoms with van der Waals surface area (Å²) in [6.45, 7) is 5.85. The van der Waals surface area contributed by atoms with Crippen molar-refractivity contribution in [2.24, 2.45) is 10.2 Å². The number of fused-ring (bicyclic) bond motifs is 1. The molecule has 2 aliphatic heterocycles. The number of hydrogen-bond acceptors (Lipinski definition) is 5. The van der Waals surface area contributed by atoms with Crippen molar-refractivity contribution in [3.63, 3.8) is 0 Å². The van der Waals surface area contributed by atoms with E-state index in [4.69, 9.17) is 4.74 Å². The summed E-state index contributed by atoms with van der Waals surface area (Å²) >= 11 is 0. The number of para-hydroxylation sites is 1. The van der Waals surface area contributed by atoms with Crippen LogP contribution >= 0.6 is 0 Å². The molecular weight excluding hydrogens is 304 g/mol. The number of ether oxygens (including phenoxy) is 1. The molecule has 1 N–H and O–H groups in total. The van der Waals surface area contributed by atoms with Gasteiger partial charge in [-0.3, -0.25) is 5.43 Å². The zero-order valence-corrected chi connectivity index (χ0v) is 14.1. The monoisotopic (exact) mass is 325 g/mol. The maximum absolute atomic E-state index is 13.0. The van der Waals surface area contributed by atoms with Crippen LogP contribution in [0.2, 0.25) is 0 Å². The molecule has 1 aromatic rings. The van der Waals surface area contributed by atoms with Crippen LogP contribution in [0.5, 0.6) is 0 Å². The summed E-state index contributed by atoms with van der Waals surface area (Å²) in [5.74, 6) is 0. The molecule has 0 aromatic heterocycles. The first-order chi connectivity index (χ1) is 11.4. The van der Waals surface area contributed by atoms with Crippen LogP contribution in [-0.4, -0.2) is 30.7 Å². The Hall–Kier alpha value is -2.73. The van der Waals surface area contributed by atoms with E-state index in [9.17, 15) is 4.79 Å². The van der Waals surface area contributed by atoms with Crippen LogP contribution in [0.4, 0.5) is 10.5 Å². The number of carbonyl (C=O) groups is 1. The number of hydrazone groups is 1. The molecule has 0 saturated heterocycles. The van der Waals surface area contributed by atoms with Gasteiger partial charge < -0.3 is 4.74 Å². The average Bonchev–Trinajstić information content (AvgIpc) is 2.70. The summed E-state index contributed by atoms with van der Waals surface area (Å²) in [5.41, 5.74) is 4.84. The molecule has 1 unspecified atom stereocenters. The third kappa shape index (κ3) is 3.14. The van der Waals surface area contributed by atoms with E-state index in [0.717, 1.165) is 16.9 Å². The topological polar surface area (TPSA) is 63.0 Å². The predicted molar refractivity (Wildman–Crippen MR) is 95.8 cm³/mol. The molecule has 1 atom stereocenters. The lowest BCUT2D eigenvalue weighted by Crippen LogP contribution is -2.52. The largest absolute Gasteiger partial charge is 0.549 e. The van der Waals surface area contributed by atoms with Crippen LogP contribution in [0.1, 0.15) is 26.3 Å². The number of hydrogen-bond donors (Lipinski definition) is 1. The number of amides is 1. The Morgan fingerprint density at radius 3 is 2.83 bits per heavy atom. The molecule has 0 saturated carbocycles. The van der Waals surface area contributed by atoms with Crippen LogP contribution in [0.15, 0.2) is 58.4 Å². The van der Waals surface area contributed by atoms with Gasteiger partial charge in [-0.15, -0.1) is 0 Å². The number of quaternary nitrogens is 1. The van der Waals surface area contributed by atoms with E-state index in [1.165, 1.54) is 0 Å². The minimum Gasteiger partial charge on any atom is -0.412 e. The Balaban J connectivity index is 2.01. The van der Waals surface area contributed by atoms with Gasteiger partial charge in [0.2, 0.25) is 0 Å². The first kappa shape index (κ1) is 16.1. The first-order valence-electron chi connectivity index (χ1n) is 7.82. The van der Waals surface area contributed by atoms with Crippen molar-refractivity contribution in [3.8, 4) is 0 Å². The van der Waals surface area contributed by atoms with Crippen LogP contribution in [0.3, 0.4) is 0 Å². The lowest BCUT2D eigenvalue weighted by Gasteiger charge is -2.29. The van der Waals surface area contributed by atoms with Crippen molar-refractivity contribution in [1.82, 2.24) is 10.0 Å². The highest BCUT2D eigenvalue weighted by Gasteiger charge is 2.49. The summed E-state index contributed by atoms with van der Waals surface area (Å²) in [6.07, 6.45) is 8.53. The number of nitrogens with one attached hydrogen (secondary N) is 1. The zero-order valence-electron chi connectivity index (χ0n) is 14.1. The smallest absolute Gasteiger partial charge is 0.412 e. The first-order valence-corrected chi connectivity index (χ1v) is 7.82. The van der Waals surface area contributed by atoms with Gasteiger partial charge in [0, 0.05) is 12.3 Å². The van der Waals surface area contributed by atoms with Crippen molar-refractivity contribution >= 4 is 24.2 Å². The van der Waals surface area contributed by atoms with Gasteiger partial charge >= 0.3 is 6.09 Å². The molecule has 0 spiro atoms. The fourth-order valence-electron chi connectivity index (χ4n) is 2.59. The van der Waals surface area contributed by atoms with Crippen molar-refractivity contribution in [2.45, 2.75) is 26.4 Å². The Bertz CT molecular complexity index is 771. The second kappa shape index (κ2) is 6.05. The van der Waals surface area contributed by atoms with E-state index in [1.807, 2.05) is 63.3 Å². The predicted octanol–water partition coefficient (Wildman–Crippen LogP) is 3.31. The van der Waals surface area contributed by atoms with Gasteiger partial charge in [0.25, 0.3) is 0 Å². The van der Waals surface area contributed by atoms with Gasteiger partial charge in [0.1, 0.15) is 5.60 Å². The number of carbonyl (C=O) groups excluding carboxylic acids is 1. The molecule has 1 amide bonds. The van der Waals surface area contributed by atoms with Gasteiger partial charge in [0.05, 0.1) is 17.5 Å². The minimum absolute atomic E-state index is 0.268. The van der Waals surface area contributed by atoms with E-state index in [-0.39, 0.29) is 4.59 Å². The minimum atomic E-state index is -0.599. The molecule has 3 rings (SSSR count). The molecule has 124 valence electrons. The third-order valence-electron chi connectivity index (χ3n) is 3.60. The molecule has 6 nitrogen and oxygen atoms in total. The highest BCUT2D eigenvalue weighted by atomic mass is 16.6. The summed E-state index contributed by atoms with van der Waals surface area (Å²) in [6, 6.07) is 7.67. The second-order valence-corrected chi connectivity index (χ2v) is 6.68. The molecule has 1 aromatic carbocycles. The Labute approximate surface area is 141 Å². The van der Waals surface area contributed by atoms with Crippen LogP contribution < -0.4 is 10.0 Å². The molecule has 0 radical (unpaired) electrons. The number of nitrogens with zero attached hydrogens (tertiary/aromatic N) is 3. The van der Waals surface area contributed by atoms with Crippen LogP contribution in [-0.2, 0) is 4.74 Å². The molecule has 24 heavy (non-hydrogen) atoms. The van der Waals surface area contributed by atoms with Crippen LogP contribution in [0.25, 0.3) is 0 Å². The molecule has 2 aliphatic rings. The lowest BCUT2D eigenvalue weighted by atomic mass is 10.1. The second-order valence-electron chi connectivity index (χ2n) is 6.68. The number of benzene rings is 1. The summed E-state index contributed by atoms with van der Waals surface area (Å²) in [7, 11) is 0. The summed E-state index contributed by atoms with van der Waals surface area (Å²) in [5, 5.41) is 8.60. The van der Waals surface area contributed by atoms with Crippen molar-refractivity contribution in [1.29, 1.82) is 0 Å². The molecule has 0 fully saturated rings. The molecule has 0 bridgehead atoms. The Kier molecular flexibility index (Phi) is 4.07. The number of allylic oxidation sites excluding steroid dienone is 3. The maximum atomic E-state index is 13.0. The van der Waals surface area contributed by atoms with Crippen molar-refractivity contribution in [3.05, 3.63) is 53.8 Å². The van der Waals surface area contributed by atoms with E-state index in [0.29, 0.717) is 6.54 Å². The lowest BCUT2D eigenvalue weighted by molar-refractivity contribution is 0.0286. The summed E-state index contributed by atoms with van der Waals surface area (Å²) < 4.78 is 5.39. The molecule has 0 aliphatic carbocycles. The fraction of sp³-hybridized carbons (Fsp3) is 0.278. The third-order valence-corrected chi connectivity index (χ3v) is 3.60. The van der Waals surface area contributed by atoms with E-state index in [1.54, 1.807) is 12.4 Å². The van der Waals surface area contributed by atoms with Gasteiger partial charge in [-0.1, -0.05) is 27.9 Å². The van der Waals surface area contributed by atoms with E-state index in [2.05, 4.69) is 15.6 Å². The SMILES string of the molecule is CC(C)(C)OC(=O)[N+]1(CC2=CC=CC=NN2)N=Cc2ccccc21. The highest BCUT2D eigenvalue weighted by molar-refractivity contribution is 5.98. The number of rotatable bonds is 2. The van der Waals surface area contributed by atoms with Gasteiger partial charge in [-0.2, -0.15) is 9.90 Å². The van der Waals surface area contributed by atoms with E-state index < -0.39 is 11.7 Å². The Morgan fingerprint density at radius 2 is 2.04 bits per heavy atom. The van der Waals surface area contributed by atoms with Crippen molar-refractivity contribution in [2.75, 3.05) is 6.54 Å². The average molecular weight is 325 g/mol. The van der Waals surface area contributed by atoms with E-state index >= 15 is 0 Å². The normalized spacial score (nSPS) is 21.7. The summed E-state index contributed by atoms with van der Waals surface area (Å²) in [4.78, 5) is 13.0. The van der Waals surface area contributed by atoms with Crippen LogP contribution in [0, 0.1) is 0 Å². The molecular formula is C18H21N4O2+. The molecule has 6 heteroatoms. The Morgan fingerprint density at radius 1 is 1.25 bits per heavy atom. The highest BCUT2D eigenvalue weighted by Crippen LogP contribution is 2.35. The standard InChI is InChI=1S/C18H21N4O2/c1-18(2,3)24-17(23)22(13-15-9-6-7-11-19-21-15)16-10-5-4-8-14(16)12-20-22/h4-12,21H,13H2,1-3H3/q+1. The maximum Gasteiger partial charge on any atom is 0.549 e. The zero-order chi connectivity index (χ0) is 17.2.